The van der Waals surface area contributed by atoms with E-state index in [2.05, 4.69) is 37.6 Å². The SMILES string of the molecule is COc1ccc(COC(=O)c2nc(N3CCCc4c3nnc(Nc3nc5ccccc5s3)c4C)sc2CCCOc2ccc(C#CCN3CCNCC3)cc2F)cc1. The molecule has 0 saturated carbocycles. The van der Waals surface area contributed by atoms with E-state index >= 15 is 4.39 Å². The molecule has 58 heavy (non-hydrogen) atoms. The van der Waals surface area contributed by atoms with Gasteiger partial charge < -0.3 is 29.7 Å². The average Bonchev–Trinajstić information content (AvgIpc) is 3.88. The number of methoxy groups -OCH3 is 1. The normalized spacial score (nSPS) is 14.1. The second kappa shape index (κ2) is 18.3. The van der Waals surface area contributed by atoms with Crippen LogP contribution >= 0.6 is 22.7 Å². The first kappa shape index (κ1) is 39.2. The van der Waals surface area contributed by atoms with E-state index in [0.717, 1.165) is 81.7 Å². The number of hydrogen-bond donors (Lipinski definition) is 2. The monoisotopic (exact) mass is 818 g/mol. The molecule has 0 atom stereocenters. The molecule has 2 aliphatic rings. The summed E-state index contributed by atoms with van der Waals surface area (Å²) in [7, 11) is 1.60. The van der Waals surface area contributed by atoms with Crippen molar-refractivity contribution in [2.24, 2.45) is 0 Å². The zero-order valence-electron chi connectivity index (χ0n) is 32.3. The summed E-state index contributed by atoms with van der Waals surface area (Å²) in [5, 5.41) is 17.4. The number of halogens is 1. The van der Waals surface area contributed by atoms with Crippen molar-refractivity contribution in [1.29, 1.82) is 0 Å². The van der Waals surface area contributed by atoms with E-state index in [9.17, 15) is 4.79 Å². The van der Waals surface area contributed by atoms with Crippen LogP contribution in [0, 0.1) is 24.6 Å². The first-order chi connectivity index (χ1) is 28.4. The van der Waals surface area contributed by atoms with Gasteiger partial charge in [-0.15, -0.1) is 21.5 Å². The van der Waals surface area contributed by atoms with Gasteiger partial charge in [0.15, 0.2) is 39.2 Å². The zero-order valence-corrected chi connectivity index (χ0v) is 34.0. The minimum atomic E-state index is -0.524. The molecule has 2 N–H and O–H groups in total. The van der Waals surface area contributed by atoms with E-state index in [0.29, 0.717) is 48.3 Å². The minimum Gasteiger partial charge on any atom is -0.497 e. The highest BCUT2D eigenvalue weighted by atomic mass is 32.1. The summed E-state index contributed by atoms with van der Waals surface area (Å²) in [5.74, 6) is 7.48. The standard InChI is InChI=1S/C43H43FN8O4S2/c1-28-32-9-6-22-52(40(32)50-49-39(28)48-42-46-34-10-3-4-11-36(34)57-42)43-47-38(41(53)56-27-30-13-16-31(54-2)17-14-30)37(58-43)12-7-25-55-35-18-15-29(26-33(35)44)8-5-21-51-23-19-45-20-24-51/h3-4,10-11,13-18,26,45H,6-7,9,12,19-25,27H2,1-2H3,(H,46,48,49). The van der Waals surface area contributed by atoms with Gasteiger partial charge in [-0.1, -0.05) is 47.4 Å². The number of benzene rings is 3. The lowest BCUT2D eigenvalue weighted by Gasteiger charge is -2.28. The molecule has 1 saturated heterocycles. The quantitative estimate of drug-likeness (QED) is 0.0683. The third-order valence-electron chi connectivity index (χ3n) is 10.0. The number of carbonyl (C=O) groups is 1. The van der Waals surface area contributed by atoms with E-state index in [1.807, 2.05) is 60.4 Å². The van der Waals surface area contributed by atoms with Gasteiger partial charge in [0.05, 0.1) is 30.5 Å². The summed E-state index contributed by atoms with van der Waals surface area (Å²) in [6.45, 7) is 7.49. The molecule has 12 nitrogen and oxygen atoms in total. The van der Waals surface area contributed by atoms with Crippen molar-refractivity contribution in [2.75, 3.05) is 63.2 Å². The number of aromatic nitrogens is 4. The van der Waals surface area contributed by atoms with Crippen molar-refractivity contribution in [3.63, 3.8) is 0 Å². The molecule has 0 spiro atoms. The molecule has 0 unspecified atom stereocenters. The molecule has 2 aliphatic heterocycles. The molecular formula is C43H43FN8O4S2. The number of thiazole rings is 2. The van der Waals surface area contributed by atoms with Crippen molar-refractivity contribution in [3.05, 3.63) is 105 Å². The molecule has 5 heterocycles. The average molecular weight is 819 g/mol. The molecule has 0 radical (unpaired) electrons. The number of para-hydroxylation sites is 1. The van der Waals surface area contributed by atoms with Gasteiger partial charge in [-0.3, -0.25) is 4.90 Å². The largest absolute Gasteiger partial charge is 0.497 e. The third kappa shape index (κ3) is 9.21. The van der Waals surface area contributed by atoms with Crippen molar-refractivity contribution in [1.82, 2.24) is 30.4 Å². The predicted molar refractivity (Wildman–Crippen MR) is 226 cm³/mol. The topological polar surface area (TPSA) is 127 Å². The summed E-state index contributed by atoms with van der Waals surface area (Å²) in [4.78, 5) is 28.3. The first-order valence-electron chi connectivity index (χ1n) is 19.3. The van der Waals surface area contributed by atoms with Crippen LogP contribution in [0.1, 0.15) is 50.5 Å². The molecule has 298 valence electrons. The molecule has 6 aromatic rings. The van der Waals surface area contributed by atoms with Crippen LogP contribution in [0.2, 0.25) is 0 Å². The number of anilines is 4. The Morgan fingerprint density at radius 1 is 1.02 bits per heavy atom. The maximum absolute atomic E-state index is 15.0. The third-order valence-corrected chi connectivity index (χ3v) is 12.1. The summed E-state index contributed by atoms with van der Waals surface area (Å²) in [6, 6.07) is 20.2. The van der Waals surface area contributed by atoms with Crippen LogP contribution in [0.4, 0.5) is 26.3 Å². The highest BCUT2D eigenvalue weighted by molar-refractivity contribution is 7.22. The maximum Gasteiger partial charge on any atom is 0.358 e. The summed E-state index contributed by atoms with van der Waals surface area (Å²) in [5.41, 5.74) is 4.66. The Bertz CT molecular complexity index is 2420. The molecular weight excluding hydrogens is 776 g/mol. The number of rotatable bonds is 13. The second-order valence-corrected chi connectivity index (χ2v) is 16.1. The fourth-order valence-electron chi connectivity index (χ4n) is 6.87. The smallest absolute Gasteiger partial charge is 0.358 e. The lowest BCUT2D eigenvalue weighted by Crippen LogP contribution is -2.43. The van der Waals surface area contributed by atoms with Gasteiger partial charge in [0.1, 0.15) is 12.4 Å². The molecule has 3 aromatic carbocycles. The fourth-order valence-corrected chi connectivity index (χ4v) is 8.85. The summed E-state index contributed by atoms with van der Waals surface area (Å²) >= 11 is 2.99. The van der Waals surface area contributed by atoms with Gasteiger partial charge in [0, 0.05) is 54.3 Å². The molecule has 15 heteroatoms. The summed E-state index contributed by atoms with van der Waals surface area (Å²) < 4.78 is 33.1. The highest BCUT2D eigenvalue weighted by Gasteiger charge is 2.29. The minimum absolute atomic E-state index is 0.0786. The number of nitrogens with one attached hydrogen (secondary N) is 2. The fraction of sp³-hybridized carbons (Fsp3) is 0.326. The Morgan fingerprint density at radius 2 is 1.86 bits per heavy atom. The van der Waals surface area contributed by atoms with Crippen LogP contribution in [0.3, 0.4) is 0 Å². The van der Waals surface area contributed by atoms with Crippen LogP contribution < -0.4 is 25.0 Å². The molecule has 0 aliphatic carbocycles. The van der Waals surface area contributed by atoms with E-state index in [4.69, 9.17) is 24.2 Å². The number of piperazine rings is 1. The molecule has 3 aromatic heterocycles. The number of carbonyl (C=O) groups excluding carboxylic acids is 1. The lowest BCUT2D eigenvalue weighted by molar-refractivity contribution is 0.0465. The van der Waals surface area contributed by atoms with E-state index < -0.39 is 11.8 Å². The number of hydrogen-bond acceptors (Lipinski definition) is 14. The van der Waals surface area contributed by atoms with Crippen LogP contribution in [0.5, 0.6) is 11.5 Å². The predicted octanol–water partition coefficient (Wildman–Crippen LogP) is 7.45. The number of fused-ring (bicyclic) bond motifs is 2. The highest BCUT2D eigenvalue weighted by Crippen LogP contribution is 2.39. The lowest BCUT2D eigenvalue weighted by atomic mass is 10.0. The van der Waals surface area contributed by atoms with Crippen molar-refractivity contribution in [2.45, 2.75) is 39.2 Å². The number of nitrogens with zero attached hydrogens (tertiary/aromatic N) is 6. The van der Waals surface area contributed by atoms with Crippen molar-refractivity contribution in [3.8, 4) is 23.3 Å². The van der Waals surface area contributed by atoms with E-state index in [1.165, 1.54) is 17.4 Å². The van der Waals surface area contributed by atoms with Gasteiger partial charge in [-0.05, 0) is 80.6 Å². The number of esters is 1. The number of ether oxygens (including phenoxy) is 3. The molecule has 0 amide bonds. The van der Waals surface area contributed by atoms with Crippen molar-refractivity contribution < 1.29 is 23.4 Å². The second-order valence-electron chi connectivity index (χ2n) is 14.0. The van der Waals surface area contributed by atoms with E-state index in [1.54, 1.807) is 30.6 Å². The van der Waals surface area contributed by atoms with Gasteiger partial charge in [0.2, 0.25) is 0 Å². The Balaban J connectivity index is 0.969. The van der Waals surface area contributed by atoms with Gasteiger partial charge in [-0.2, -0.15) is 0 Å². The van der Waals surface area contributed by atoms with Crippen LogP contribution in [0.15, 0.2) is 66.7 Å². The molecule has 0 bridgehead atoms. The van der Waals surface area contributed by atoms with Gasteiger partial charge in [0.25, 0.3) is 0 Å². The van der Waals surface area contributed by atoms with Gasteiger partial charge >= 0.3 is 5.97 Å². The zero-order chi connectivity index (χ0) is 39.8. The van der Waals surface area contributed by atoms with Gasteiger partial charge in [-0.25, -0.2) is 19.2 Å². The summed E-state index contributed by atoms with van der Waals surface area (Å²) in [6.07, 6.45) is 2.68. The Labute approximate surface area is 344 Å². The Morgan fingerprint density at radius 3 is 2.67 bits per heavy atom. The van der Waals surface area contributed by atoms with E-state index in [-0.39, 0.29) is 24.7 Å². The Kier molecular flexibility index (Phi) is 12.4. The van der Waals surface area contributed by atoms with Crippen LogP contribution in [-0.2, 0) is 24.2 Å². The maximum atomic E-state index is 15.0. The molecule has 8 rings (SSSR count). The first-order valence-corrected chi connectivity index (χ1v) is 21.0. The van der Waals surface area contributed by atoms with Crippen LogP contribution in [0.25, 0.3) is 10.2 Å². The molecule has 1 fully saturated rings. The van der Waals surface area contributed by atoms with Crippen molar-refractivity contribution >= 4 is 60.8 Å². The van der Waals surface area contributed by atoms with Crippen LogP contribution in [-0.4, -0.2) is 84.0 Å². The Hall–Kier alpha value is -5.66. The number of aryl methyl sites for hydroxylation is 1.